The van der Waals surface area contributed by atoms with E-state index in [1.54, 1.807) is 11.8 Å². The van der Waals surface area contributed by atoms with Crippen LogP contribution in [0.2, 0.25) is 0 Å². The van der Waals surface area contributed by atoms with E-state index >= 15 is 0 Å². The molecule has 0 aliphatic heterocycles. The number of benzene rings is 1. The number of hydrogen-bond acceptors (Lipinski definition) is 3. The molecule has 100 valence electrons. The Balaban J connectivity index is 2.12. The minimum absolute atomic E-state index is 0.0678. The lowest BCUT2D eigenvalue weighted by Gasteiger charge is -2.03. The molecule has 0 N–H and O–H groups in total. The topological polar surface area (TPSA) is 26.3 Å². The molecule has 1 aromatic rings. The summed E-state index contributed by atoms with van der Waals surface area (Å²) < 4.78 is 4.89. The first-order valence-electron chi connectivity index (χ1n) is 6.54. The zero-order valence-corrected chi connectivity index (χ0v) is 12.1. The van der Waals surface area contributed by atoms with Crippen LogP contribution in [0.4, 0.5) is 0 Å². The van der Waals surface area contributed by atoms with Crippen LogP contribution in [0.25, 0.3) is 0 Å². The van der Waals surface area contributed by atoms with Gasteiger partial charge in [0.15, 0.2) is 0 Å². The third kappa shape index (κ3) is 6.10. The van der Waals surface area contributed by atoms with Crippen molar-refractivity contribution in [3.05, 3.63) is 29.8 Å². The molecule has 0 saturated heterocycles. The normalized spacial score (nSPS) is 10.3. The van der Waals surface area contributed by atoms with Crippen molar-refractivity contribution in [3.63, 3.8) is 0 Å². The molecule has 0 unspecified atom stereocenters. The number of aryl methyl sites for hydroxylation is 1. The maximum Gasteiger partial charge on any atom is 0.305 e. The lowest BCUT2D eigenvalue weighted by atomic mass is 10.1. The van der Waals surface area contributed by atoms with Gasteiger partial charge in [-0.2, -0.15) is 0 Å². The Kier molecular flexibility index (Phi) is 7.58. The summed E-state index contributed by atoms with van der Waals surface area (Å²) in [5.74, 6) is -0.0678. The third-order valence-electron chi connectivity index (χ3n) is 2.81. The Bertz CT molecular complexity index is 346. The minimum Gasteiger partial charge on any atom is -0.466 e. The van der Waals surface area contributed by atoms with Crippen LogP contribution in [-0.2, 0) is 16.0 Å². The fraction of sp³-hybridized carbons (Fsp3) is 0.533. The van der Waals surface area contributed by atoms with Crippen LogP contribution in [0.15, 0.2) is 29.2 Å². The molecule has 0 atom stereocenters. The van der Waals surface area contributed by atoms with Gasteiger partial charge < -0.3 is 4.74 Å². The van der Waals surface area contributed by atoms with Gasteiger partial charge in [0.2, 0.25) is 0 Å². The van der Waals surface area contributed by atoms with Gasteiger partial charge >= 0.3 is 5.97 Å². The Morgan fingerprint density at radius 2 is 1.89 bits per heavy atom. The number of carbonyl (C=O) groups excluding carboxylic acids is 1. The third-order valence-corrected chi connectivity index (χ3v) is 3.55. The van der Waals surface area contributed by atoms with E-state index < -0.39 is 0 Å². The SMILES string of the molecule is CCOC(=O)CCCCCc1ccc(SC)cc1. The van der Waals surface area contributed by atoms with Gasteiger partial charge in [-0.05, 0) is 50.1 Å². The zero-order valence-electron chi connectivity index (χ0n) is 11.3. The standard InChI is InChI=1S/C15H22O2S/c1-3-17-15(16)8-6-4-5-7-13-9-11-14(18-2)12-10-13/h9-12H,3-8H2,1-2H3. The minimum atomic E-state index is -0.0678. The van der Waals surface area contributed by atoms with E-state index in [0.29, 0.717) is 13.0 Å². The van der Waals surface area contributed by atoms with Gasteiger partial charge in [-0.15, -0.1) is 11.8 Å². The van der Waals surface area contributed by atoms with Gasteiger partial charge in [0.25, 0.3) is 0 Å². The molecule has 0 saturated carbocycles. The van der Waals surface area contributed by atoms with Crippen molar-refractivity contribution in [3.8, 4) is 0 Å². The lowest BCUT2D eigenvalue weighted by molar-refractivity contribution is -0.143. The smallest absolute Gasteiger partial charge is 0.305 e. The van der Waals surface area contributed by atoms with Crippen molar-refractivity contribution in [2.24, 2.45) is 0 Å². The number of thioether (sulfide) groups is 1. The van der Waals surface area contributed by atoms with Crippen molar-refractivity contribution < 1.29 is 9.53 Å². The van der Waals surface area contributed by atoms with Gasteiger partial charge in [0.05, 0.1) is 6.61 Å². The number of carbonyl (C=O) groups is 1. The summed E-state index contributed by atoms with van der Waals surface area (Å²) in [5.41, 5.74) is 1.38. The van der Waals surface area contributed by atoms with Gasteiger partial charge in [-0.1, -0.05) is 18.6 Å². The van der Waals surface area contributed by atoms with Crippen molar-refractivity contribution in [1.82, 2.24) is 0 Å². The molecular weight excluding hydrogens is 244 g/mol. The van der Waals surface area contributed by atoms with Crippen LogP contribution in [0, 0.1) is 0 Å². The number of ether oxygens (including phenoxy) is 1. The maximum absolute atomic E-state index is 11.1. The second-order valence-electron chi connectivity index (χ2n) is 4.21. The Morgan fingerprint density at radius 1 is 1.17 bits per heavy atom. The predicted octanol–water partition coefficient (Wildman–Crippen LogP) is 4.07. The highest BCUT2D eigenvalue weighted by Crippen LogP contribution is 2.16. The molecule has 0 heterocycles. The van der Waals surface area contributed by atoms with E-state index in [-0.39, 0.29) is 5.97 Å². The molecule has 2 nitrogen and oxygen atoms in total. The molecule has 0 fully saturated rings. The molecule has 0 aromatic heterocycles. The number of esters is 1. The monoisotopic (exact) mass is 266 g/mol. The fourth-order valence-corrected chi connectivity index (χ4v) is 2.21. The molecule has 1 rings (SSSR count). The molecule has 0 bridgehead atoms. The number of hydrogen-bond donors (Lipinski definition) is 0. The Hall–Kier alpha value is -0.960. The molecule has 3 heteroatoms. The summed E-state index contributed by atoms with van der Waals surface area (Å²) in [5, 5.41) is 0. The van der Waals surface area contributed by atoms with Crippen molar-refractivity contribution >= 4 is 17.7 Å². The fourth-order valence-electron chi connectivity index (χ4n) is 1.80. The quantitative estimate of drug-likeness (QED) is 0.403. The van der Waals surface area contributed by atoms with Crippen LogP contribution in [0.5, 0.6) is 0 Å². The van der Waals surface area contributed by atoms with Gasteiger partial charge in [-0.25, -0.2) is 0 Å². The largest absolute Gasteiger partial charge is 0.466 e. The van der Waals surface area contributed by atoms with Crippen LogP contribution in [0.3, 0.4) is 0 Å². The first-order chi connectivity index (χ1) is 8.76. The highest BCUT2D eigenvalue weighted by Gasteiger charge is 2.01. The molecule has 0 amide bonds. The highest BCUT2D eigenvalue weighted by atomic mass is 32.2. The number of unbranched alkanes of at least 4 members (excludes halogenated alkanes) is 2. The highest BCUT2D eigenvalue weighted by molar-refractivity contribution is 7.98. The average Bonchev–Trinajstić information content (AvgIpc) is 2.39. The van der Waals surface area contributed by atoms with Crippen molar-refractivity contribution in [2.75, 3.05) is 12.9 Å². The summed E-state index contributed by atoms with van der Waals surface area (Å²) in [7, 11) is 0. The van der Waals surface area contributed by atoms with Gasteiger partial charge in [0.1, 0.15) is 0 Å². The summed E-state index contributed by atoms with van der Waals surface area (Å²) in [6, 6.07) is 8.71. The Labute approximate surface area is 114 Å². The predicted molar refractivity (Wildman–Crippen MR) is 77.0 cm³/mol. The van der Waals surface area contributed by atoms with Crippen molar-refractivity contribution in [1.29, 1.82) is 0 Å². The van der Waals surface area contributed by atoms with E-state index in [1.165, 1.54) is 10.5 Å². The zero-order chi connectivity index (χ0) is 13.2. The average molecular weight is 266 g/mol. The first kappa shape index (κ1) is 15.1. The molecule has 18 heavy (non-hydrogen) atoms. The Morgan fingerprint density at radius 3 is 2.50 bits per heavy atom. The number of rotatable bonds is 8. The molecule has 0 radical (unpaired) electrons. The van der Waals surface area contributed by atoms with Crippen LogP contribution >= 0.6 is 11.8 Å². The first-order valence-corrected chi connectivity index (χ1v) is 7.77. The van der Waals surface area contributed by atoms with Gasteiger partial charge in [0, 0.05) is 11.3 Å². The molecule has 1 aromatic carbocycles. The summed E-state index contributed by atoms with van der Waals surface area (Å²) in [4.78, 5) is 12.4. The van der Waals surface area contributed by atoms with Crippen LogP contribution in [-0.4, -0.2) is 18.8 Å². The maximum atomic E-state index is 11.1. The second kappa shape index (κ2) is 9.03. The summed E-state index contributed by atoms with van der Waals surface area (Å²) >= 11 is 1.77. The summed E-state index contributed by atoms with van der Waals surface area (Å²) in [6.07, 6.45) is 6.89. The van der Waals surface area contributed by atoms with E-state index in [9.17, 15) is 4.79 Å². The lowest BCUT2D eigenvalue weighted by Crippen LogP contribution is -2.03. The second-order valence-corrected chi connectivity index (χ2v) is 5.09. The van der Waals surface area contributed by atoms with Gasteiger partial charge in [-0.3, -0.25) is 4.79 Å². The molecule has 0 spiro atoms. The van der Waals surface area contributed by atoms with E-state index in [1.807, 2.05) is 6.92 Å². The van der Waals surface area contributed by atoms with E-state index in [0.717, 1.165) is 25.7 Å². The van der Waals surface area contributed by atoms with Crippen LogP contribution in [0.1, 0.15) is 38.2 Å². The summed E-state index contributed by atoms with van der Waals surface area (Å²) in [6.45, 7) is 2.33. The molecule has 0 aliphatic carbocycles. The molecular formula is C15H22O2S. The van der Waals surface area contributed by atoms with Crippen LogP contribution < -0.4 is 0 Å². The van der Waals surface area contributed by atoms with Crippen molar-refractivity contribution in [2.45, 2.75) is 43.9 Å². The van der Waals surface area contributed by atoms with E-state index in [2.05, 4.69) is 30.5 Å². The molecule has 0 aliphatic rings. The van der Waals surface area contributed by atoms with E-state index in [4.69, 9.17) is 4.74 Å².